The van der Waals surface area contributed by atoms with Crippen LogP contribution in [0.2, 0.25) is 0 Å². The first-order chi connectivity index (χ1) is 8.30. The minimum Gasteiger partial charge on any atom is -0.493 e. The van der Waals surface area contributed by atoms with E-state index < -0.39 is 6.29 Å². The lowest BCUT2D eigenvalue weighted by Gasteiger charge is -2.16. The summed E-state index contributed by atoms with van der Waals surface area (Å²) in [5, 5.41) is 0. The van der Waals surface area contributed by atoms with Crippen molar-refractivity contribution in [3.8, 4) is 11.5 Å². The number of methoxy groups -OCH3 is 2. The number of hydrogen-bond acceptors (Lipinski definition) is 5. The lowest BCUT2D eigenvalue weighted by molar-refractivity contribution is -0.0599. The molecule has 5 heteroatoms. The first kappa shape index (κ1) is 12.2. The van der Waals surface area contributed by atoms with Crippen LogP contribution in [0.5, 0.6) is 11.5 Å². The van der Waals surface area contributed by atoms with Crippen LogP contribution in [0.1, 0.15) is 11.9 Å². The summed E-state index contributed by atoms with van der Waals surface area (Å²) >= 11 is 0. The van der Waals surface area contributed by atoms with Crippen molar-refractivity contribution in [2.45, 2.75) is 12.4 Å². The summed E-state index contributed by atoms with van der Waals surface area (Å²) in [5.41, 5.74) is 6.36. The predicted molar refractivity (Wildman–Crippen MR) is 62.2 cm³/mol. The lowest BCUT2D eigenvalue weighted by atomic mass is 10.2. The Morgan fingerprint density at radius 2 is 2.18 bits per heavy atom. The number of para-hydroxylation sites is 1. The third kappa shape index (κ3) is 2.36. The molecule has 1 aliphatic rings. The van der Waals surface area contributed by atoms with E-state index in [4.69, 9.17) is 24.7 Å². The summed E-state index contributed by atoms with van der Waals surface area (Å²) in [6.45, 7) is 0.949. The van der Waals surface area contributed by atoms with Crippen LogP contribution in [0.4, 0.5) is 0 Å². The molecule has 1 aliphatic heterocycles. The second kappa shape index (κ2) is 5.35. The largest absolute Gasteiger partial charge is 0.493 e. The smallest absolute Gasteiger partial charge is 0.188 e. The van der Waals surface area contributed by atoms with Crippen LogP contribution in [0.15, 0.2) is 18.2 Å². The molecule has 0 spiro atoms. The first-order valence-corrected chi connectivity index (χ1v) is 5.48. The SMILES string of the molecule is COc1cccc(C2OCC(CN)O2)c1OC. The molecule has 0 aliphatic carbocycles. The van der Waals surface area contributed by atoms with Crippen molar-refractivity contribution in [1.82, 2.24) is 0 Å². The summed E-state index contributed by atoms with van der Waals surface area (Å²) in [5.74, 6) is 1.30. The summed E-state index contributed by atoms with van der Waals surface area (Å²) in [6.07, 6.45) is -0.496. The van der Waals surface area contributed by atoms with E-state index in [0.29, 0.717) is 24.7 Å². The van der Waals surface area contributed by atoms with Gasteiger partial charge in [-0.1, -0.05) is 6.07 Å². The molecule has 1 aromatic rings. The van der Waals surface area contributed by atoms with E-state index in [0.717, 1.165) is 5.56 Å². The highest BCUT2D eigenvalue weighted by molar-refractivity contribution is 5.47. The molecule has 2 N–H and O–H groups in total. The Labute approximate surface area is 100 Å². The van der Waals surface area contributed by atoms with E-state index in [2.05, 4.69) is 0 Å². The number of rotatable bonds is 4. The van der Waals surface area contributed by atoms with Gasteiger partial charge < -0.3 is 24.7 Å². The number of nitrogens with two attached hydrogens (primary N) is 1. The molecule has 1 saturated heterocycles. The molecule has 2 rings (SSSR count). The van der Waals surface area contributed by atoms with Gasteiger partial charge in [0.1, 0.15) is 0 Å². The quantitative estimate of drug-likeness (QED) is 0.851. The van der Waals surface area contributed by atoms with Crippen LogP contribution in [0.25, 0.3) is 0 Å². The monoisotopic (exact) mass is 239 g/mol. The summed E-state index contributed by atoms with van der Waals surface area (Å²) < 4.78 is 21.8. The lowest BCUT2D eigenvalue weighted by Crippen LogP contribution is -2.21. The standard InChI is InChI=1S/C12H17NO4/c1-14-10-5-3-4-9(11(10)15-2)12-16-7-8(6-13)17-12/h3-5,8,12H,6-7,13H2,1-2H3. The Kier molecular flexibility index (Phi) is 3.83. The molecule has 0 bridgehead atoms. The average molecular weight is 239 g/mol. The molecule has 0 radical (unpaired) electrons. The van der Waals surface area contributed by atoms with Gasteiger partial charge in [-0.15, -0.1) is 0 Å². The van der Waals surface area contributed by atoms with Crippen molar-refractivity contribution >= 4 is 0 Å². The Morgan fingerprint density at radius 3 is 2.76 bits per heavy atom. The number of benzene rings is 1. The van der Waals surface area contributed by atoms with Gasteiger partial charge in [0, 0.05) is 6.54 Å². The molecule has 0 aromatic heterocycles. The van der Waals surface area contributed by atoms with Gasteiger partial charge in [-0.3, -0.25) is 0 Å². The molecule has 1 fully saturated rings. The third-order valence-corrected chi connectivity index (χ3v) is 2.70. The summed E-state index contributed by atoms with van der Waals surface area (Å²) in [7, 11) is 3.19. The number of hydrogen-bond donors (Lipinski definition) is 1. The van der Waals surface area contributed by atoms with Gasteiger partial charge in [-0.25, -0.2) is 0 Å². The van der Waals surface area contributed by atoms with Crippen LogP contribution in [0.3, 0.4) is 0 Å². The van der Waals surface area contributed by atoms with Crippen molar-refractivity contribution in [2.75, 3.05) is 27.4 Å². The molecule has 17 heavy (non-hydrogen) atoms. The second-order valence-electron chi connectivity index (χ2n) is 3.74. The molecule has 0 amide bonds. The first-order valence-electron chi connectivity index (χ1n) is 5.48. The molecule has 2 atom stereocenters. The Bertz CT molecular complexity index is 383. The molecule has 94 valence electrons. The summed E-state index contributed by atoms with van der Waals surface area (Å²) in [6, 6.07) is 5.60. The fraction of sp³-hybridized carbons (Fsp3) is 0.500. The zero-order valence-electron chi connectivity index (χ0n) is 10.0. The molecule has 0 saturated carbocycles. The maximum absolute atomic E-state index is 5.66. The van der Waals surface area contributed by atoms with Crippen LogP contribution in [-0.2, 0) is 9.47 Å². The molecular weight excluding hydrogens is 222 g/mol. The van der Waals surface area contributed by atoms with E-state index in [1.807, 2.05) is 18.2 Å². The normalized spacial score (nSPS) is 23.7. The maximum atomic E-state index is 5.66. The van der Waals surface area contributed by atoms with Crippen molar-refractivity contribution in [1.29, 1.82) is 0 Å². The van der Waals surface area contributed by atoms with Gasteiger partial charge in [-0.05, 0) is 12.1 Å². The summed E-state index contributed by atoms with van der Waals surface area (Å²) in [4.78, 5) is 0. The number of ether oxygens (including phenoxy) is 4. The van der Waals surface area contributed by atoms with E-state index in [1.165, 1.54) is 0 Å². The van der Waals surface area contributed by atoms with E-state index >= 15 is 0 Å². The van der Waals surface area contributed by atoms with Gasteiger partial charge >= 0.3 is 0 Å². The van der Waals surface area contributed by atoms with Crippen LogP contribution in [-0.4, -0.2) is 33.5 Å². The fourth-order valence-corrected chi connectivity index (χ4v) is 1.83. The average Bonchev–Trinajstić information content (AvgIpc) is 2.86. The van der Waals surface area contributed by atoms with E-state index in [9.17, 15) is 0 Å². The van der Waals surface area contributed by atoms with Gasteiger partial charge in [0.2, 0.25) is 0 Å². The van der Waals surface area contributed by atoms with Crippen molar-refractivity contribution in [3.05, 3.63) is 23.8 Å². The molecular formula is C12H17NO4. The highest BCUT2D eigenvalue weighted by atomic mass is 16.7. The minimum absolute atomic E-state index is 0.0593. The van der Waals surface area contributed by atoms with Gasteiger partial charge in [-0.2, -0.15) is 0 Å². The molecule has 1 heterocycles. The Balaban J connectivity index is 2.26. The molecule has 1 aromatic carbocycles. The Hall–Kier alpha value is -1.30. The van der Waals surface area contributed by atoms with E-state index in [-0.39, 0.29) is 6.10 Å². The van der Waals surface area contributed by atoms with Crippen LogP contribution >= 0.6 is 0 Å². The van der Waals surface area contributed by atoms with Crippen molar-refractivity contribution in [2.24, 2.45) is 5.73 Å². The highest BCUT2D eigenvalue weighted by Gasteiger charge is 2.29. The topological polar surface area (TPSA) is 62.9 Å². The van der Waals surface area contributed by atoms with Crippen molar-refractivity contribution in [3.63, 3.8) is 0 Å². The third-order valence-electron chi connectivity index (χ3n) is 2.70. The van der Waals surface area contributed by atoms with E-state index in [1.54, 1.807) is 14.2 Å². The predicted octanol–water partition coefficient (Wildman–Crippen LogP) is 1.08. The zero-order valence-corrected chi connectivity index (χ0v) is 10.0. The van der Waals surface area contributed by atoms with Crippen molar-refractivity contribution < 1.29 is 18.9 Å². The maximum Gasteiger partial charge on any atom is 0.188 e. The van der Waals surface area contributed by atoms with Gasteiger partial charge in [0.15, 0.2) is 17.8 Å². The van der Waals surface area contributed by atoms with Crippen LogP contribution in [0, 0.1) is 0 Å². The molecule has 2 unspecified atom stereocenters. The second-order valence-corrected chi connectivity index (χ2v) is 3.74. The molecule has 5 nitrogen and oxygen atoms in total. The van der Waals surface area contributed by atoms with Gasteiger partial charge in [0.05, 0.1) is 32.5 Å². The Morgan fingerprint density at radius 1 is 1.35 bits per heavy atom. The zero-order chi connectivity index (χ0) is 12.3. The highest BCUT2D eigenvalue weighted by Crippen LogP contribution is 2.38. The fourth-order valence-electron chi connectivity index (χ4n) is 1.83. The van der Waals surface area contributed by atoms with Gasteiger partial charge in [0.25, 0.3) is 0 Å². The minimum atomic E-state index is -0.436. The van der Waals surface area contributed by atoms with Crippen LogP contribution < -0.4 is 15.2 Å².